The lowest BCUT2D eigenvalue weighted by atomic mass is 9.38. The van der Waals surface area contributed by atoms with E-state index in [1.165, 1.54) is 19.3 Å². The number of hydrogen-bond acceptors (Lipinski definition) is 4. The van der Waals surface area contributed by atoms with Crippen LogP contribution in [0.3, 0.4) is 0 Å². The number of Topliss-reactive ketones (excluding diaryl/α,β-unsaturated/α-hetero) is 1. The zero-order chi connectivity index (χ0) is 19.6. The standard InChI is InChI=1S/C22H28ClNO4/c23-16-6-8-19(9-7-16)28-12-20(26)24-22-13-21(14-22,15-22)10-17(25)11-27-18-4-2-1-3-5-18/h6-9,18H,1-5,10-15H2,(H,24,26). The van der Waals surface area contributed by atoms with Gasteiger partial charge in [0.2, 0.25) is 0 Å². The fourth-order valence-corrected chi connectivity index (χ4v) is 5.37. The van der Waals surface area contributed by atoms with E-state index in [1.54, 1.807) is 24.3 Å². The van der Waals surface area contributed by atoms with Gasteiger partial charge in [0.1, 0.15) is 12.4 Å². The second-order valence-corrected chi connectivity index (χ2v) is 9.32. The summed E-state index contributed by atoms with van der Waals surface area (Å²) in [6.45, 7) is 0.241. The van der Waals surface area contributed by atoms with E-state index >= 15 is 0 Å². The van der Waals surface area contributed by atoms with Gasteiger partial charge in [-0.15, -0.1) is 0 Å². The average molecular weight is 406 g/mol. The smallest absolute Gasteiger partial charge is 0.258 e. The summed E-state index contributed by atoms with van der Waals surface area (Å²) in [6.07, 6.45) is 9.42. The second kappa shape index (κ2) is 8.03. The maximum Gasteiger partial charge on any atom is 0.258 e. The molecule has 0 saturated heterocycles. The summed E-state index contributed by atoms with van der Waals surface area (Å²) in [6, 6.07) is 6.95. The van der Waals surface area contributed by atoms with Crippen LogP contribution in [0.25, 0.3) is 0 Å². The normalized spacial score (nSPS) is 28.8. The van der Waals surface area contributed by atoms with E-state index < -0.39 is 0 Å². The van der Waals surface area contributed by atoms with Gasteiger partial charge in [0.25, 0.3) is 5.91 Å². The number of ether oxygens (including phenoxy) is 2. The molecular weight excluding hydrogens is 378 g/mol. The maximum absolute atomic E-state index is 12.3. The predicted octanol–water partition coefficient (Wildman–Crippen LogP) is 4.07. The van der Waals surface area contributed by atoms with Gasteiger partial charge in [-0.2, -0.15) is 0 Å². The summed E-state index contributed by atoms with van der Waals surface area (Å²) < 4.78 is 11.3. The first-order valence-electron chi connectivity index (χ1n) is 10.3. The lowest BCUT2D eigenvalue weighted by Crippen LogP contribution is -2.75. The Bertz CT molecular complexity index is 707. The van der Waals surface area contributed by atoms with Crippen LogP contribution in [-0.4, -0.2) is 36.5 Å². The zero-order valence-corrected chi connectivity index (χ0v) is 16.9. The Morgan fingerprint density at radius 2 is 1.71 bits per heavy atom. The predicted molar refractivity (Wildman–Crippen MR) is 107 cm³/mol. The van der Waals surface area contributed by atoms with Gasteiger partial charge >= 0.3 is 0 Å². The van der Waals surface area contributed by atoms with Gasteiger partial charge < -0.3 is 14.8 Å². The molecule has 0 aliphatic heterocycles. The molecule has 1 N–H and O–H groups in total. The second-order valence-electron chi connectivity index (χ2n) is 8.89. The molecule has 1 aromatic carbocycles. The highest BCUT2D eigenvalue weighted by Gasteiger charge is 2.68. The molecule has 0 aromatic heterocycles. The van der Waals surface area contributed by atoms with Crippen LogP contribution in [0, 0.1) is 5.41 Å². The van der Waals surface area contributed by atoms with E-state index in [-0.39, 0.29) is 42.0 Å². The number of ketones is 1. The van der Waals surface area contributed by atoms with Gasteiger partial charge in [0.05, 0.1) is 6.10 Å². The van der Waals surface area contributed by atoms with Crippen molar-refractivity contribution in [3.8, 4) is 5.75 Å². The van der Waals surface area contributed by atoms with Gasteiger partial charge in [0.15, 0.2) is 12.4 Å². The van der Waals surface area contributed by atoms with Crippen molar-refractivity contribution in [3.63, 3.8) is 0 Å². The molecule has 0 spiro atoms. The molecule has 0 heterocycles. The molecule has 4 saturated carbocycles. The van der Waals surface area contributed by atoms with Crippen molar-refractivity contribution >= 4 is 23.3 Å². The molecule has 0 radical (unpaired) electrons. The summed E-state index contributed by atoms with van der Waals surface area (Å²) in [5, 5.41) is 3.72. The van der Waals surface area contributed by atoms with Crippen molar-refractivity contribution in [3.05, 3.63) is 29.3 Å². The van der Waals surface area contributed by atoms with E-state index in [2.05, 4.69) is 5.32 Å². The summed E-state index contributed by atoms with van der Waals surface area (Å²) in [5.74, 6) is 0.712. The largest absolute Gasteiger partial charge is 0.484 e. The zero-order valence-electron chi connectivity index (χ0n) is 16.2. The average Bonchev–Trinajstić information content (AvgIpc) is 2.64. The number of halogens is 1. The summed E-state index contributed by atoms with van der Waals surface area (Å²) in [7, 11) is 0. The van der Waals surface area contributed by atoms with E-state index in [9.17, 15) is 9.59 Å². The number of nitrogens with one attached hydrogen (secondary N) is 1. The number of carbonyl (C=O) groups excluding carboxylic acids is 2. The number of rotatable bonds is 9. The summed E-state index contributed by atoms with van der Waals surface area (Å²) in [5.41, 5.74) is -0.0255. The first kappa shape index (κ1) is 19.7. The maximum atomic E-state index is 12.3. The third-order valence-electron chi connectivity index (χ3n) is 6.33. The molecule has 0 atom stereocenters. The quantitative estimate of drug-likeness (QED) is 0.672. The van der Waals surface area contributed by atoms with Gasteiger partial charge in [-0.1, -0.05) is 30.9 Å². The number of hydrogen-bond donors (Lipinski definition) is 1. The monoisotopic (exact) mass is 405 g/mol. The van der Waals surface area contributed by atoms with Gasteiger partial charge in [-0.05, 0) is 61.8 Å². The highest BCUT2D eigenvalue weighted by Crippen LogP contribution is 2.69. The Morgan fingerprint density at radius 3 is 2.39 bits per heavy atom. The van der Waals surface area contributed by atoms with Crippen molar-refractivity contribution in [1.82, 2.24) is 5.32 Å². The molecule has 4 aliphatic rings. The minimum atomic E-state index is -0.120. The summed E-state index contributed by atoms with van der Waals surface area (Å²) in [4.78, 5) is 24.5. The van der Waals surface area contributed by atoms with Crippen LogP contribution >= 0.6 is 11.6 Å². The van der Waals surface area contributed by atoms with Crippen molar-refractivity contribution in [2.24, 2.45) is 5.41 Å². The lowest BCUT2D eigenvalue weighted by molar-refractivity contribution is -0.175. The van der Waals surface area contributed by atoms with Crippen molar-refractivity contribution in [1.29, 1.82) is 0 Å². The van der Waals surface area contributed by atoms with E-state index in [0.717, 1.165) is 32.1 Å². The number of carbonyl (C=O) groups is 2. The molecule has 1 aromatic rings. The third-order valence-corrected chi connectivity index (χ3v) is 6.58. The minimum Gasteiger partial charge on any atom is -0.484 e. The Morgan fingerprint density at radius 1 is 1.04 bits per heavy atom. The molecule has 0 unspecified atom stereocenters. The number of benzene rings is 1. The lowest BCUT2D eigenvalue weighted by Gasteiger charge is -2.70. The van der Waals surface area contributed by atoms with Crippen LogP contribution in [0.1, 0.15) is 57.8 Å². The first-order valence-corrected chi connectivity index (χ1v) is 10.7. The van der Waals surface area contributed by atoms with Gasteiger partial charge in [0, 0.05) is 17.0 Å². The van der Waals surface area contributed by atoms with Crippen LogP contribution in [0.5, 0.6) is 5.75 Å². The van der Waals surface area contributed by atoms with E-state index in [4.69, 9.17) is 21.1 Å². The number of amides is 1. The molecule has 4 fully saturated rings. The summed E-state index contributed by atoms with van der Waals surface area (Å²) >= 11 is 5.83. The van der Waals surface area contributed by atoms with Crippen molar-refractivity contribution in [2.75, 3.05) is 13.2 Å². The van der Waals surface area contributed by atoms with Crippen LogP contribution < -0.4 is 10.1 Å². The van der Waals surface area contributed by atoms with Crippen LogP contribution in [0.15, 0.2) is 24.3 Å². The Labute approximate surface area is 171 Å². The van der Waals surface area contributed by atoms with E-state index in [0.29, 0.717) is 17.2 Å². The molecule has 152 valence electrons. The molecule has 4 aliphatic carbocycles. The van der Waals surface area contributed by atoms with Crippen LogP contribution in [0.2, 0.25) is 5.02 Å². The first-order chi connectivity index (χ1) is 13.5. The molecule has 1 amide bonds. The third kappa shape index (κ3) is 4.52. The van der Waals surface area contributed by atoms with Gasteiger partial charge in [-0.25, -0.2) is 0 Å². The molecule has 5 nitrogen and oxygen atoms in total. The fraction of sp³-hybridized carbons (Fsp3) is 0.636. The fourth-order valence-electron chi connectivity index (χ4n) is 5.24. The molecule has 5 rings (SSSR count). The SMILES string of the molecule is O=C(COC1CCCCC1)CC12CC(NC(=O)COc3ccc(Cl)cc3)(C1)C2. The Kier molecular flexibility index (Phi) is 5.66. The molecule has 2 bridgehead atoms. The van der Waals surface area contributed by atoms with Crippen molar-refractivity contribution < 1.29 is 19.1 Å². The molecular formula is C22H28ClNO4. The van der Waals surface area contributed by atoms with Gasteiger partial charge in [-0.3, -0.25) is 9.59 Å². The van der Waals surface area contributed by atoms with Crippen LogP contribution in [0.4, 0.5) is 0 Å². The van der Waals surface area contributed by atoms with E-state index in [1.807, 2.05) is 0 Å². The van der Waals surface area contributed by atoms with Crippen molar-refractivity contribution in [2.45, 2.75) is 69.4 Å². The van der Waals surface area contributed by atoms with Crippen LogP contribution in [-0.2, 0) is 14.3 Å². The Balaban J connectivity index is 1.13. The molecule has 28 heavy (non-hydrogen) atoms. The minimum absolute atomic E-state index is 0.00938. The molecule has 6 heteroatoms. The topological polar surface area (TPSA) is 64.6 Å². The highest BCUT2D eigenvalue weighted by atomic mass is 35.5. The highest BCUT2D eigenvalue weighted by molar-refractivity contribution is 6.30. The Hall–Kier alpha value is -1.59.